The minimum atomic E-state index is -1.18. The number of imide groups is 1. The highest BCUT2D eigenvalue weighted by Crippen LogP contribution is 2.39. The highest BCUT2D eigenvalue weighted by atomic mass is 35.5. The van der Waals surface area contributed by atoms with E-state index in [4.69, 9.17) is 26.2 Å². The molecule has 0 radical (unpaired) electrons. The molecule has 2 amide bonds. The van der Waals surface area contributed by atoms with Crippen molar-refractivity contribution in [2.75, 3.05) is 20.3 Å². The summed E-state index contributed by atoms with van der Waals surface area (Å²) < 4.78 is 15.2. The van der Waals surface area contributed by atoms with Gasteiger partial charge in [0.25, 0.3) is 11.1 Å². The first-order valence-electron chi connectivity index (χ1n) is 8.35. The third kappa shape index (κ3) is 5.21. The molecule has 2 rings (SSSR count). The van der Waals surface area contributed by atoms with Gasteiger partial charge in [-0.1, -0.05) is 11.6 Å². The SMILES string of the molecule is CCOc1cc(/C=C2/SC(=O)N([C@H](C)C(=O)OC)C2=O)cc(Cl)c1OCC(=O)O. The molecule has 29 heavy (non-hydrogen) atoms. The zero-order valence-electron chi connectivity index (χ0n) is 15.8. The normalized spacial score (nSPS) is 16.1. The van der Waals surface area contributed by atoms with E-state index in [2.05, 4.69) is 4.74 Å². The molecule has 1 fully saturated rings. The number of thioether (sulfide) groups is 1. The molecule has 0 bridgehead atoms. The second-order valence-corrected chi connectivity index (χ2v) is 7.10. The number of ether oxygens (including phenoxy) is 3. The van der Waals surface area contributed by atoms with Gasteiger partial charge in [0.2, 0.25) is 0 Å². The summed E-state index contributed by atoms with van der Waals surface area (Å²) in [6.45, 7) is 2.77. The first-order valence-corrected chi connectivity index (χ1v) is 9.54. The van der Waals surface area contributed by atoms with Gasteiger partial charge in [-0.2, -0.15) is 0 Å². The Hall–Kier alpha value is -2.72. The average Bonchev–Trinajstić information content (AvgIpc) is 2.93. The summed E-state index contributed by atoms with van der Waals surface area (Å²) in [5.74, 6) is -2.29. The molecular formula is C18H18ClNO8S. The standard InChI is InChI=1S/C18H18ClNO8S/c1-4-27-12-6-10(5-11(19)15(12)28-8-14(21)22)7-13-16(23)20(18(25)29-13)9(2)17(24)26-3/h5-7,9H,4,8H2,1-3H3,(H,21,22)/b13-7+/t9-/m1/s1. The molecule has 1 heterocycles. The highest BCUT2D eigenvalue weighted by Gasteiger charge is 2.41. The molecule has 1 aromatic carbocycles. The van der Waals surface area contributed by atoms with Crippen LogP contribution < -0.4 is 9.47 Å². The minimum absolute atomic E-state index is 0.0560. The predicted octanol–water partition coefficient (Wildman–Crippen LogP) is 2.80. The van der Waals surface area contributed by atoms with Gasteiger partial charge in [0.15, 0.2) is 18.1 Å². The molecule has 1 N–H and O–H groups in total. The van der Waals surface area contributed by atoms with E-state index in [1.807, 2.05) is 0 Å². The zero-order valence-corrected chi connectivity index (χ0v) is 17.3. The van der Waals surface area contributed by atoms with Gasteiger partial charge in [0.05, 0.1) is 23.6 Å². The average molecular weight is 444 g/mol. The Morgan fingerprint density at radius 1 is 1.31 bits per heavy atom. The Balaban J connectivity index is 2.36. The summed E-state index contributed by atoms with van der Waals surface area (Å²) in [5.41, 5.74) is 0.428. The lowest BCUT2D eigenvalue weighted by Gasteiger charge is -2.18. The monoisotopic (exact) mass is 443 g/mol. The van der Waals surface area contributed by atoms with Gasteiger partial charge < -0.3 is 19.3 Å². The lowest BCUT2D eigenvalue weighted by atomic mass is 10.1. The van der Waals surface area contributed by atoms with Crippen molar-refractivity contribution in [3.8, 4) is 11.5 Å². The molecule has 1 saturated heterocycles. The lowest BCUT2D eigenvalue weighted by molar-refractivity contribution is -0.148. The molecule has 0 aromatic heterocycles. The fourth-order valence-corrected chi connectivity index (χ4v) is 3.63. The first-order chi connectivity index (χ1) is 13.7. The quantitative estimate of drug-likeness (QED) is 0.477. The summed E-state index contributed by atoms with van der Waals surface area (Å²) in [6.07, 6.45) is 1.42. The molecule has 1 aromatic rings. The van der Waals surface area contributed by atoms with Gasteiger partial charge in [-0.25, -0.2) is 9.59 Å². The van der Waals surface area contributed by atoms with E-state index in [0.717, 1.165) is 4.90 Å². The van der Waals surface area contributed by atoms with Crippen molar-refractivity contribution < 1.29 is 38.5 Å². The van der Waals surface area contributed by atoms with Crippen LogP contribution in [0, 0.1) is 0 Å². The zero-order chi connectivity index (χ0) is 21.7. The third-order valence-corrected chi connectivity index (χ3v) is 4.89. The number of aliphatic carboxylic acids is 1. The van der Waals surface area contributed by atoms with E-state index in [0.29, 0.717) is 17.3 Å². The van der Waals surface area contributed by atoms with Crippen molar-refractivity contribution in [1.29, 1.82) is 0 Å². The van der Waals surface area contributed by atoms with Gasteiger partial charge in [0.1, 0.15) is 6.04 Å². The number of carboxylic acid groups (broad SMARTS) is 1. The van der Waals surface area contributed by atoms with Gasteiger partial charge in [-0.05, 0) is 49.4 Å². The van der Waals surface area contributed by atoms with E-state index in [1.165, 1.54) is 32.2 Å². The van der Waals surface area contributed by atoms with Gasteiger partial charge >= 0.3 is 11.9 Å². The lowest BCUT2D eigenvalue weighted by Crippen LogP contribution is -2.42. The van der Waals surface area contributed by atoms with Crippen LogP contribution >= 0.6 is 23.4 Å². The van der Waals surface area contributed by atoms with Crippen LogP contribution in [-0.4, -0.2) is 59.5 Å². The van der Waals surface area contributed by atoms with Crippen molar-refractivity contribution in [2.24, 2.45) is 0 Å². The number of nitrogens with zero attached hydrogens (tertiary/aromatic N) is 1. The van der Waals surface area contributed by atoms with Gasteiger partial charge in [-0.15, -0.1) is 0 Å². The van der Waals surface area contributed by atoms with Crippen LogP contribution in [0.4, 0.5) is 4.79 Å². The number of rotatable bonds is 8. The number of halogens is 1. The largest absolute Gasteiger partial charge is 0.490 e. The van der Waals surface area contributed by atoms with E-state index < -0.39 is 35.7 Å². The van der Waals surface area contributed by atoms with E-state index in [1.54, 1.807) is 6.92 Å². The third-order valence-electron chi connectivity index (χ3n) is 3.72. The molecule has 11 heteroatoms. The smallest absolute Gasteiger partial charge is 0.341 e. The van der Waals surface area contributed by atoms with Crippen LogP contribution in [0.1, 0.15) is 19.4 Å². The summed E-state index contributed by atoms with van der Waals surface area (Å²) in [6, 6.07) is 1.89. The Morgan fingerprint density at radius 2 is 2.00 bits per heavy atom. The van der Waals surface area contributed by atoms with Gasteiger partial charge in [-0.3, -0.25) is 14.5 Å². The highest BCUT2D eigenvalue weighted by molar-refractivity contribution is 8.18. The molecule has 1 atom stereocenters. The second kappa shape index (κ2) is 9.66. The molecule has 0 saturated carbocycles. The van der Waals surface area contributed by atoms with Gasteiger partial charge in [0, 0.05) is 0 Å². The maximum Gasteiger partial charge on any atom is 0.341 e. The number of amides is 2. The molecule has 1 aliphatic heterocycles. The van der Waals surface area contributed by atoms with E-state index >= 15 is 0 Å². The molecule has 0 spiro atoms. The van der Waals surface area contributed by atoms with E-state index in [-0.39, 0.29) is 28.0 Å². The summed E-state index contributed by atoms with van der Waals surface area (Å²) in [4.78, 5) is 48.1. The molecule has 156 valence electrons. The van der Waals surface area contributed by atoms with Crippen molar-refractivity contribution in [3.63, 3.8) is 0 Å². The van der Waals surface area contributed by atoms with Crippen LogP contribution in [0.5, 0.6) is 11.5 Å². The van der Waals surface area contributed by atoms with E-state index in [9.17, 15) is 19.2 Å². The Morgan fingerprint density at radius 3 is 2.59 bits per heavy atom. The predicted molar refractivity (Wildman–Crippen MR) is 105 cm³/mol. The first kappa shape index (κ1) is 22.6. The Bertz CT molecular complexity index is 885. The van der Waals surface area contributed by atoms with Crippen molar-refractivity contribution in [1.82, 2.24) is 4.90 Å². The van der Waals surface area contributed by atoms with Crippen LogP contribution in [0.15, 0.2) is 17.0 Å². The van der Waals surface area contributed by atoms with Crippen molar-refractivity contribution >= 4 is 52.5 Å². The summed E-state index contributed by atoms with van der Waals surface area (Å²) in [7, 11) is 1.17. The van der Waals surface area contributed by atoms with Crippen molar-refractivity contribution in [3.05, 3.63) is 27.6 Å². The van der Waals surface area contributed by atoms with Crippen LogP contribution in [0.3, 0.4) is 0 Å². The summed E-state index contributed by atoms with van der Waals surface area (Å²) >= 11 is 6.86. The number of carboxylic acids is 1. The number of carbonyl (C=O) groups excluding carboxylic acids is 3. The Kier molecular flexibility index (Phi) is 7.52. The van der Waals surface area contributed by atoms with Crippen LogP contribution in [0.25, 0.3) is 6.08 Å². The van der Waals surface area contributed by atoms with Crippen LogP contribution in [-0.2, 0) is 19.1 Å². The number of carbonyl (C=O) groups is 4. The van der Waals surface area contributed by atoms with Crippen LogP contribution in [0.2, 0.25) is 5.02 Å². The number of hydrogen-bond acceptors (Lipinski definition) is 8. The molecule has 0 unspecified atom stereocenters. The molecular weight excluding hydrogens is 426 g/mol. The fraction of sp³-hybridized carbons (Fsp3) is 0.333. The molecule has 9 nitrogen and oxygen atoms in total. The minimum Gasteiger partial charge on any atom is -0.490 e. The molecule has 1 aliphatic rings. The molecule has 0 aliphatic carbocycles. The topological polar surface area (TPSA) is 119 Å². The number of esters is 1. The van der Waals surface area contributed by atoms with Crippen molar-refractivity contribution in [2.45, 2.75) is 19.9 Å². The second-order valence-electron chi connectivity index (χ2n) is 5.70. The number of hydrogen-bond donors (Lipinski definition) is 1. The number of benzene rings is 1. The summed E-state index contributed by atoms with van der Waals surface area (Å²) in [5, 5.41) is 8.26. The number of methoxy groups -OCH3 is 1. The fourth-order valence-electron chi connectivity index (χ4n) is 2.45. The maximum atomic E-state index is 12.6. The Labute approximate surface area is 175 Å². The maximum absolute atomic E-state index is 12.6.